The molecule has 0 amide bonds. The van der Waals surface area contributed by atoms with E-state index in [9.17, 15) is 0 Å². The zero-order valence-corrected chi connectivity index (χ0v) is 21.5. The van der Waals surface area contributed by atoms with Crippen molar-refractivity contribution in [2.24, 2.45) is 10.9 Å². The van der Waals surface area contributed by atoms with E-state index >= 15 is 0 Å². The van der Waals surface area contributed by atoms with Crippen molar-refractivity contribution in [1.82, 2.24) is 14.8 Å². The molecule has 0 aliphatic carbocycles. The van der Waals surface area contributed by atoms with Gasteiger partial charge in [0.2, 0.25) is 0 Å². The zero-order chi connectivity index (χ0) is 23.7. The van der Waals surface area contributed by atoms with Crippen LogP contribution in [0.3, 0.4) is 0 Å². The predicted molar refractivity (Wildman–Crippen MR) is 142 cm³/mol. The van der Waals surface area contributed by atoms with E-state index in [-0.39, 0.29) is 0 Å². The lowest BCUT2D eigenvalue weighted by Gasteiger charge is -2.08. The molecule has 0 bridgehead atoms. The van der Waals surface area contributed by atoms with Crippen molar-refractivity contribution in [3.8, 4) is 5.00 Å². The highest BCUT2D eigenvalue weighted by Gasteiger charge is 2.25. The number of hydrogen-bond acceptors (Lipinski definition) is 4. The van der Waals surface area contributed by atoms with Crippen LogP contribution in [0, 0.1) is 12.8 Å². The Morgan fingerprint density at radius 3 is 2.50 bits per heavy atom. The van der Waals surface area contributed by atoms with Gasteiger partial charge in [-0.25, -0.2) is 0 Å². The molecule has 0 spiro atoms. The van der Waals surface area contributed by atoms with Crippen molar-refractivity contribution in [3.63, 3.8) is 0 Å². The van der Waals surface area contributed by atoms with Gasteiger partial charge in [0.1, 0.15) is 17.4 Å². The summed E-state index contributed by atoms with van der Waals surface area (Å²) in [6.07, 6.45) is 4.35. The van der Waals surface area contributed by atoms with E-state index in [0.717, 1.165) is 64.2 Å². The van der Waals surface area contributed by atoms with Gasteiger partial charge in [0.05, 0.1) is 5.71 Å². The van der Waals surface area contributed by atoms with Crippen molar-refractivity contribution in [2.45, 2.75) is 53.0 Å². The fourth-order valence-corrected chi connectivity index (χ4v) is 6.05. The van der Waals surface area contributed by atoms with Gasteiger partial charge in [-0.05, 0) is 61.8 Å². The van der Waals surface area contributed by atoms with Gasteiger partial charge in [0.25, 0.3) is 0 Å². The molecule has 4 nitrogen and oxygen atoms in total. The molecule has 174 valence electrons. The summed E-state index contributed by atoms with van der Waals surface area (Å²) in [5, 5.41) is 10.6. The van der Waals surface area contributed by atoms with E-state index < -0.39 is 0 Å². The number of halogens is 1. The first kappa shape index (κ1) is 23.0. The number of aryl methyl sites for hydroxylation is 3. The quantitative estimate of drug-likeness (QED) is 0.280. The van der Waals surface area contributed by atoms with Crippen LogP contribution in [0.1, 0.15) is 59.0 Å². The largest absolute Gasteiger partial charge is 0.276 e. The third kappa shape index (κ3) is 4.73. The van der Waals surface area contributed by atoms with Crippen molar-refractivity contribution in [2.75, 3.05) is 0 Å². The summed E-state index contributed by atoms with van der Waals surface area (Å²) < 4.78 is 2.16. The molecule has 2 aromatic heterocycles. The molecule has 0 N–H and O–H groups in total. The summed E-state index contributed by atoms with van der Waals surface area (Å²) >= 11 is 8.40. The topological polar surface area (TPSA) is 43.1 Å². The Bertz CT molecular complexity index is 1330. The standard InChI is InChI=1S/C28H29ClN4S/c1-18(2)15-21-13-11-20(12-14-21)7-6-8-22-16-24-27(23-9-4-5-10-25(23)29)30-17-26-32-31-19(3)33(26)28(24)34-22/h4-5,9-14,16,18H,6-8,15,17H2,1-3H3. The van der Waals surface area contributed by atoms with Crippen molar-refractivity contribution in [1.29, 1.82) is 0 Å². The average Bonchev–Trinajstić information content (AvgIpc) is 3.35. The second-order valence-corrected chi connectivity index (χ2v) is 10.9. The third-order valence-electron chi connectivity index (χ3n) is 6.18. The number of nitrogens with zero attached hydrogens (tertiary/aromatic N) is 4. The number of hydrogen-bond donors (Lipinski definition) is 0. The Morgan fingerprint density at radius 1 is 0.971 bits per heavy atom. The van der Waals surface area contributed by atoms with Crippen LogP contribution in [0.25, 0.3) is 5.00 Å². The Hall–Kier alpha value is -2.76. The van der Waals surface area contributed by atoms with Gasteiger partial charge in [-0.1, -0.05) is 67.9 Å². The fraction of sp³-hybridized carbons (Fsp3) is 0.321. The third-order valence-corrected chi connectivity index (χ3v) is 7.69. The highest BCUT2D eigenvalue weighted by molar-refractivity contribution is 7.15. The SMILES string of the molecule is Cc1nnc2n1-c1sc(CCCc3ccc(CC(C)C)cc3)cc1C(c1ccccc1Cl)=NC2. The smallest absolute Gasteiger partial charge is 0.160 e. The lowest BCUT2D eigenvalue weighted by Crippen LogP contribution is -2.05. The fourth-order valence-electron chi connectivity index (χ4n) is 4.56. The summed E-state index contributed by atoms with van der Waals surface area (Å²) in [5.74, 6) is 2.45. The first-order chi connectivity index (χ1) is 16.5. The van der Waals surface area contributed by atoms with E-state index in [2.05, 4.69) is 58.9 Å². The van der Waals surface area contributed by atoms with Crippen LogP contribution in [-0.4, -0.2) is 20.5 Å². The molecule has 0 fully saturated rings. The molecular formula is C28H29ClN4S. The first-order valence-corrected chi connectivity index (χ1v) is 13.1. The van der Waals surface area contributed by atoms with Crippen LogP contribution in [0.15, 0.2) is 59.6 Å². The van der Waals surface area contributed by atoms with E-state index in [4.69, 9.17) is 16.6 Å². The Morgan fingerprint density at radius 2 is 1.74 bits per heavy atom. The molecule has 2 aromatic carbocycles. The Kier molecular flexibility index (Phi) is 6.66. The molecule has 0 unspecified atom stereocenters. The Labute approximate surface area is 210 Å². The molecule has 5 rings (SSSR count). The highest BCUT2D eigenvalue weighted by Crippen LogP contribution is 2.35. The molecule has 0 radical (unpaired) electrons. The normalized spacial score (nSPS) is 12.9. The molecule has 0 atom stereocenters. The van der Waals surface area contributed by atoms with Crippen LogP contribution < -0.4 is 0 Å². The minimum atomic E-state index is 0.491. The first-order valence-electron chi connectivity index (χ1n) is 11.9. The van der Waals surface area contributed by atoms with Gasteiger partial charge in [0.15, 0.2) is 5.82 Å². The van der Waals surface area contributed by atoms with Crippen molar-refractivity contribution >= 4 is 28.6 Å². The number of rotatable bonds is 7. The number of benzene rings is 2. The molecule has 34 heavy (non-hydrogen) atoms. The molecule has 0 saturated carbocycles. The maximum atomic E-state index is 6.58. The maximum Gasteiger partial charge on any atom is 0.160 e. The van der Waals surface area contributed by atoms with Gasteiger partial charge < -0.3 is 0 Å². The van der Waals surface area contributed by atoms with Crippen molar-refractivity contribution < 1.29 is 0 Å². The van der Waals surface area contributed by atoms with Crippen molar-refractivity contribution in [3.05, 3.63) is 98.4 Å². The minimum Gasteiger partial charge on any atom is -0.276 e. The van der Waals surface area contributed by atoms with E-state index in [1.54, 1.807) is 0 Å². The van der Waals surface area contributed by atoms with Crippen LogP contribution in [0.2, 0.25) is 5.02 Å². The molecule has 1 aliphatic heterocycles. The molecule has 1 aliphatic rings. The number of aromatic nitrogens is 3. The summed E-state index contributed by atoms with van der Waals surface area (Å²) in [6.45, 7) is 7.03. The van der Waals surface area contributed by atoms with E-state index in [1.807, 2.05) is 42.5 Å². The predicted octanol–water partition coefficient (Wildman–Crippen LogP) is 7.02. The van der Waals surface area contributed by atoms with Gasteiger partial charge >= 0.3 is 0 Å². The summed E-state index contributed by atoms with van der Waals surface area (Å²) in [6, 6.07) is 19.4. The molecule has 4 aromatic rings. The summed E-state index contributed by atoms with van der Waals surface area (Å²) in [4.78, 5) is 6.28. The Balaban J connectivity index is 1.39. The lowest BCUT2D eigenvalue weighted by atomic mass is 10.00. The zero-order valence-electron chi connectivity index (χ0n) is 19.9. The van der Waals surface area contributed by atoms with Crippen LogP contribution in [0.5, 0.6) is 0 Å². The highest BCUT2D eigenvalue weighted by atomic mass is 35.5. The summed E-state index contributed by atoms with van der Waals surface area (Å²) in [5.41, 5.74) is 5.85. The van der Waals surface area contributed by atoms with E-state index in [0.29, 0.717) is 12.5 Å². The number of fused-ring (bicyclic) bond motifs is 3. The van der Waals surface area contributed by atoms with Crippen LogP contribution in [-0.2, 0) is 25.8 Å². The van der Waals surface area contributed by atoms with Gasteiger partial charge in [-0.3, -0.25) is 9.56 Å². The maximum absolute atomic E-state index is 6.58. The number of thiophene rings is 1. The van der Waals surface area contributed by atoms with E-state index in [1.165, 1.54) is 16.0 Å². The molecule has 6 heteroatoms. The monoisotopic (exact) mass is 488 g/mol. The second kappa shape index (κ2) is 9.85. The van der Waals surface area contributed by atoms with Gasteiger partial charge in [-0.15, -0.1) is 21.5 Å². The minimum absolute atomic E-state index is 0.491. The lowest BCUT2D eigenvalue weighted by molar-refractivity contribution is 0.647. The molecule has 0 saturated heterocycles. The van der Waals surface area contributed by atoms with Crippen LogP contribution in [0.4, 0.5) is 0 Å². The number of aliphatic imine (C=N–C) groups is 1. The van der Waals surface area contributed by atoms with Crippen LogP contribution >= 0.6 is 22.9 Å². The van der Waals surface area contributed by atoms with Gasteiger partial charge in [-0.2, -0.15) is 0 Å². The van der Waals surface area contributed by atoms with Gasteiger partial charge in [0, 0.05) is 21.0 Å². The average molecular weight is 489 g/mol. The summed E-state index contributed by atoms with van der Waals surface area (Å²) in [7, 11) is 0. The second-order valence-electron chi connectivity index (χ2n) is 9.34. The molecule has 3 heterocycles. The molecular weight excluding hydrogens is 460 g/mol.